The van der Waals surface area contributed by atoms with E-state index in [0.29, 0.717) is 46.1 Å². The maximum atomic E-state index is 14.4. The van der Waals surface area contributed by atoms with E-state index in [1.54, 1.807) is 18.3 Å². The summed E-state index contributed by atoms with van der Waals surface area (Å²) in [6.07, 6.45) is 2.49. The highest BCUT2D eigenvalue weighted by atomic mass is 32.2. The first-order chi connectivity index (χ1) is 13.2. The van der Waals surface area contributed by atoms with Crippen LogP contribution in [0.4, 0.5) is 15.8 Å². The Morgan fingerprint density at radius 1 is 1.21 bits per heavy atom. The molecule has 148 valence electrons. The van der Waals surface area contributed by atoms with Crippen molar-refractivity contribution >= 4 is 38.2 Å². The molecule has 28 heavy (non-hydrogen) atoms. The van der Waals surface area contributed by atoms with Gasteiger partial charge in [-0.3, -0.25) is 9.35 Å². The van der Waals surface area contributed by atoms with Gasteiger partial charge in [0.25, 0.3) is 16.0 Å². The first-order valence-electron chi connectivity index (χ1n) is 8.22. The monoisotopic (exact) mass is 407 g/mol. The second-order valence-electron chi connectivity index (χ2n) is 6.11. The Balaban J connectivity index is 0.000000403. The van der Waals surface area contributed by atoms with Gasteiger partial charge in [-0.1, -0.05) is 0 Å². The van der Waals surface area contributed by atoms with Crippen molar-refractivity contribution in [3.63, 3.8) is 0 Å². The molecular formula is C18H18FN3O5S. The summed E-state index contributed by atoms with van der Waals surface area (Å²) in [6.45, 7) is 0.225. The van der Waals surface area contributed by atoms with Crippen LogP contribution in [0.15, 0.2) is 36.5 Å². The van der Waals surface area contributed by atoms with E-state index in [0.717, 1.165) is 5.69 Å². The third kappa shape index (κ3) is 3.98. The quantitative estimate of drug-likeness (QED) is 0.422. The first-order valence-corrected chi connectivity index (χ1v) is 10.1. The Labute approximate surface area is 160 Å². The molecule has 1 amide bonds. The molecule has 0 aliphatic carbocycles. The molecule has 0 radical (unpaired) electrons. The number of rotatable bonds is 4. The number of anilines is 2. The van der Waals surface area contributed by atoms with Crippen LogP contribution >= 0.6 is 0 Å². The minimum Gasteiger partial charge on any atom is -0.395 e. The third-order valence-electron chi connectivity index (χ3n) is 4.02. The van der Waals surface area contributed by atoms with Crippen molar-refractivity contribution in [2.45, 2.75) is 0 Å². The zero-order valence-electron chi connectivity index (χ0n) is 14.8. The highest BCUT2D eigenvalue weighted by Crippen LogP contribution is 2.43. The van der Waals surface area contributed by atoms with Crippen LogP contribution in [0.1, 0.15) is 10.4 Å². The van der Waals surface area contributed by atoms with E-state index < -0.39 is 15.9 Å². The second-order valence-corrected chi connectivity index (χ2v) is 7.58. The van der Waals surface area contributed by atoms with Crippen molar-refractivity contribution in [2.24, 2.45) is 0 Å². The molecule has 1 aromatic heterocycles. The second kappa shape index (κ2) is 7.58. The molecule has 2 aromatic carbocycles. The van der Waals surface area contributed by atoms with Gasteiger partial charge in [0.05, 0.1) is 18.4 Å². The van der Waals surface area contributed by atoms with Gasteiger partial charge < -0.3 is 20.7 Å². The molecule has 0 atom stereocenters. The number of hydrogen-bond donors (Lipinski definition) is 5. The van der Waals surface area contributed by atoms with Crippen LogP contribution in [-0.2, 0) is 10.1 Å². The number of benzene rings is 2. The van der Waals surface area contributed by atoms with Gasteiger partial charge in [-0.05, 0) is 30.3 Å². The molecule has 1 aliphatic rings. The van der Waals surface area contributed by atoms with E-state index >= 15 is 0 Å². The summed E-state index contributed by atoms with van der Waals surface area (Å²) in [6, 6.07) is 8.35. The predicted molar refractivity (Wildman–Crippen MR) is 105 cm³/mol. The zero-order valence-corrected chi connectivity index (χ0v) is 15.6. The Hall–Kier alpha value is -2.95. The standard InChI is InChI=1S/C17H14FN3O2.CH4O3S/c18-10-3-4-12-16-14(17(23)21-12)9(11-2-1-5-19-11)8-13(15(10)16)20-6-7-22;1-5(2,3)4/h1-5,8,19-20,22H,6-7H2,(H,21,23);1H3,(H,2,3,4). The summed E-state index contributed by atoms with van der Waals surface area (Å²) in [7, 11) is -3.67. The van der Waals surface area contributed by atoms with Crippen molar-refractivity contribution < 1.29 is 27.3 Å². The average molecular weight is 407 g/mol. The fraction of sp³-hybridized carbons (Fsp3) is 0.167. The average Bonchev–Trinajstić information content (AvgIpc) is 3.24. The van der Waals surface area contributed by atoms with E-state index in [1.807, 2.05) is 12.1 Å². The molecule has 1 aliphatic heterocycles. The molecule has 10 heteroatoms. The lowest BCUT2D eigenvalue weighted by molar-refractivity contribution is 0.103. The van der Waals surface area contributed by atoms with Gasteiger partial charge in [-0.2, -0.15) is 8.42 Å². The van der Waals surface area contributed by atoms with Crippen molar-refractivity contribution in [2.75, 3.05) is 30.0 Å². The van der Waals surface area contributed by atoms with Gasteiger partial charge in [0.1, 0.15) is 5.82 Å². The van der Waals surface area contributed by atoms with Crippen molar-refractivity contribution in [1.29, 1.82) is 0 Å². The van der Waals surface area contributed by atoms with Crippen LogP contribution in [0.25, 0.3) is 22.0 Å². The number of amides is 1. The predicted octanol–water partition coefficient (Wildman–Crippen LogP) is 2.45. The van der Waals surface area contributed by atoms with Crippen molar-refractivity contribution in [1.82, 2.24) is 4.98 Å². The number of H-pyrrole nitrogens is 1. The highest BCUT2D eigenvalue weighted by Gasteiger charge is 2.29. The minimum absolute atomic E-state index is 0.0699. The van der Waals surface area contributed by atoms with Gasteiger partial charge in [0.15, 0.2) is 0 Å². The molecule has 0 fully saturated rings. The summed E-state index contributed by atoms with van der Waals surface area (Å²) in [5.74, 6) is -0.645. The van der Waals surface area contributed by atoms with E-state index in [2.05, 4.69) is 15.6 Å². The molecule has 0 saturated heterocycles. The fourth-order valence-electron chi connectivity index (χ4n) is 3.09. The minimum atomic E-state index is -3.67. The lowest BCUT2D eigenvalue weighted by Gasteiger charge is -2.14. The smallest absolute Gasteiger partial charge is 0.261 e. The largest absolute Gasteiger partial charge is 0.395 e. The van der Waals surface area contributed by atoms with Gasteiger partial charge in [-0.25, -0.2) is 4.39 Å². The van der Waals surface area contributed by atoms with Crippen LogP contribution < -0.4 is 10.6 Å². The number of aliphatic hydroxyl groups excluding tert-OH is 1. The molecule has 8 nitrogen and oxygen atoms in total. The number of carbonyl (C=O) groups excluding carboxylic acids is 1. The first kappa shape index (κ1) is 19.8. The zero-order chi connectivity index (χ0) is 20.5. The van der Waals surface area contributed by atoms with Crippen molar-refractivity contribution in [3.05, 3.63) is 47.9 Å². The summed E-state index contributed by atoms with van der Waals surface area (Å²) in [5, 5.41) is 15.8. The third-order valence-corrected chi connectivity index (χ3v) is 4.02. The Morgan fingerprint density at radius 3 is 2.54 bits per heavy atom. The van der Waals surface area contributed by atoms with Crippen molar-refractivity contribution in [3.8, 4) is 11.3 Å². The maximum absolute atomic E-state index is 14.4. The molecule has 3 aromatic rings. The number of carbonyl (C=O) groups is 1. The molecule has 4 rings (SSSR count). The number of hydrogen-bond acceptors (Lipinski definition) is 5. The van der Waals surface area contributed by atoms with E-state index in [4.69, 9.17) is 9.66 Å². The number of halogens is 1. The maximum Gasteiger partial charge on any atom is 0.261 e. The van der Waals surface area contributed by atoms with E-state index in [1.165, 1.54) is 6.07 Å². The highest BCUT2D eigenvalue weighted by molar-refractivity contribution is 7.85. The van der Waals surface area contributed by atoms with Gasteiger partial charge in [0, 0.05) is 46.1 Å². The Morgan fingerprint density at radius 2 is 1.93 bits per heavy atom. The molecule has 0 unspecified atom stereocenters. The summed E-state index contributed by atoms with van der Waals surface area (Å²) in [5.41, 5.74) is 3.10. The van der Waals surface area contributed by atoms with Crippen LogP contribution in [0, 0.1) is 5.82 Å². The van der Waals surface area contributed by atoms with Crippen LogP contribution in [0.2, 0.25) is 0 Å². The normalized spacial score (nSPS) is 12.5. The Bertz CT molecular complexity index is 1140. The molecule has 0 saturated carbocycles. The van der Waals surface area contributed by atoms with Gasteiger partial charge >= 0.3 is 0 Å². The van der Waals surface area contributed by atoms with Crippen LogP contribution in [-0.4, -0.2) is 48.4 Å². The molecule has 0 spiro atoms. The van der Waals surface area contributed by atoms with Crippen LogP contribution in [0.3, 0.4) is 0 Å². The van der Waals surface area contributed by atoms with Gasteiger partial charge in [0.2, 0.25) is 0 Å². The molecular weight excluding hydrogens is 389 g/mol. The SMILES string of the molecule is CS(=O)(=O)O.O=C1Nc2ccc(F)c3c(NCCO)cc(-c4ccc[nH]4)c1c23. The van der Waals surface area contributed by atoms with Gasteiger partial charge in [-0.15, -0.1) is 0 Å². The topological polar surface area (TPSA) is 132 Å². The molecule has 0 bridgehead atoms. The summed E-state index contributed by atoms with van der Waals surface area (Å²) in [4.78, 5) is 15.5. The summed E-state index contributed by atoms with van der Waals surface area (Å²) >= 11 is 0. The lowest BCUT2D eigenvalue weighted by Crippen LogP contribution is -2.08. The van der Waals surface area contributed by atoms with E-state index in [-0.39, 0.29) is 12.5 Å². The summed E-state index contributed by atoms with van der Waals surface area (Å²) < 4.78 is 40.3. The number of aromatic amines is 1. The number of nitrogens with one attached hydrogen (secondary N) is 3. The molecule has 5 N–H and O–H groups in total. The lowest BCUT2D eigenvalue weighted by atomic mass is 9.96. The number of aliphatic hydroxyl groups is 1. The Kier molecular flexibility index (Phi) is 5.36. The fourth-order valence-corrected chi connectivity index (χ4v) is 3.09. The van der Waals surface area contributed by atoms with Crippen LogP contribution in [0.5, 0.6) is 0 Å². The van der Waals surface area contributed by atoms with E-state index in [9.17, 15) is 17.6 Å². The number of aromatic nitrogens is 1. The molecule has 2 heterocycles.